The first-order valence-electron chi connectivity index (χ1n) is 7.72. The van der Waals surface area contributed by atoms with E-state index in [1.54, 1.807) is 6.20 Å². The van der Waals surface area contributed by atoms with Crippen LogP contribution in [0.1, 0.15) is 38.3 Å². The van der Waals surface area contributed by atoms with Crippen molar-refractivity contribution < 1.29 is 14.3 Å². The van der Waals surface area contributed by atoms with Crippen LogP contribution >= 0.6 is 0 Å². The highest BCUT2D eigenvalue weighted by Gasteiger charge is 2.20. The van der Waals surface area contributed by atoms with Crippen LogP contribution in [0.5, 0.6) is 5.75 Å². The Labute approximate surface area is 126 Å². The Bertz CT molecular complexity index is 430. The number of hydrogen-bond donors (Lipinski definition) is 1. The minimum Gasteiger partial charge on any atom is -0.492 e. The first kappa shape index (κ1) is 15.8. The summed E-state index contributed by atoms with van der Waals surface area (Å²) >= 11 is 0. The summed E-state index contributed by atoms with van der Waals surface area (Å²) < 4.78 is 10.5. The number of carbonyl (C=O) groups is 1. The molecule has 5 nitrogen and oxygen atoms in total. The molecule has 0 spiro atoms. The molecule has 5 heteroatoms. The molecule has 0 aromatic carbocycles. The number of esters is 1. The van der Waals surface area contributed by atoms with Gasteiger partial charge in [0.2, 0.25) is 0 Å². The number of nitrogens with zero attached hydrogens (tertiary/aromatic N) is 1. The van der Waals surface area contributed by atoms with E-state index in [4.69, 9.17) is 9.47 Å². The maximum atomic E-state index is 11.2. The van der Waals surface area contributed by atoms with Gasteiger partial charge in [0.25, 0.3) is 0 Å². The molecule has 0 amide bonds. The van der Waals surface area contributed by atoms with E-state index < -0.39 is 0 Å². The van der Waals surface area contributed by atoms with Crippen LogP contribution in [0.4, 0.5) is 0 Å². The lowest BCUT2D eigenvalue weighted by Gasteiger charge is -2.07. The van der Waals surface area contributed by atoms with E-state index in [1.807, 2.05) is 19.1 Å². The monoisotopic (exact) mass is 292 g/mol. The van der Waals surface area contributed by atoms with Crippen molar-refractivity contribution in [3.63, 3.8) is 0 Å². The molecule has 1 aromatic heterocycles. The van der Waals surface area contributed by atoms with Crippen LogP contribution in [-0.2, 0) is 16.1 Å². The number of carbonyl (C=O) groups excluding carboxylic acids is 1. The van der Waals surface area contributed by atoms with Crippen LogP contribution < -0.4 is 10.1 Å². The van der Waals surface area contributed by atoms with Gasteiger partial charge in [-0.1, -0.05) is 12.8 Å². The zero-order chi connectivity index (χ0) is 14.9. The van der Waals surface area contributed by atoms with Gasteiger partial charge in [0.15, 0.2) is 0 Å². The van der Waals surface area contributed by atoms with Crippen LogP contribution in [0.25, 0.3) is 0 Å². The smallest absolute Gasteiger partial charge is 0.307 e. The fourth-order valence-electron chi connectivity index (χ4n) is 1.99. The molecule has 1 aromatic rings. The molecule has 0 saturated heterocycles. The average molecular weight is 292 g/mol. The number of pyridine rings is 1. The SMILES string of the molecule is CCOC(=O)CCNCc1ccc(OCCC2CC2)cn1. The molecule has 0 bridgehead atoms. The zero-order valence-corrected chi connectivity index (χ0v) is 12.6. The van der Waals surface area contributed by atoms with Gasteiger partial charge in [-0.25, -0.2) is 0 Å². The fourth-order valence-corrected chi connectivity index (χ4v) is 1.99. The Morgan fingerprint density at radius 1 is 1.43 bits per heavy atom. The van der Waals surface area contributed by atoms with Gasteiger partial charge in [0, 0.05) is 13.1 Å². The molecule has 1 aliphatic carbocycles. The van der Waals surface area contributed by atoms with Crippen molar-refractivity contribution in [1.29, 1.82) is 0 Å². The molecule has 116 valence electrons. The van der Waals surface area contributed by atoms with E-state index in [0.717, 1.165) is 30.4 Å². The Hall–Kier alpha value is -1.62. The molecule has 1 aliphatic rings. The Balaban J connectivity index is 1.59. The van der Waals surface area contributed by atoms with E-state index >= 15 is 0 Å². The second kappa shape index (κ2) is 8.62. The molecule has 21 heavy (non-hydrogen) atoms. The highest BCUT2D eigenvalue weighted by atomic mass is 16.5. The largest absolute Gasteiger partial charge is 0.492 e. The van der Waals surface area contributed by atoms with E-state index in [9.17, 15) is 4.79 Å². The third-order valence-electron chi connectivity index (χ3n) is 3.41. The molecule has 0 unspecified atom stereocenters. The summed E-state index contributed by atoms with van der Waals surface area (Å²) in [4.78, 5) is 15.5. The van der Waals surface area contributed by atoms with Gasteiger partial charge in [-0.05, 0) is 31.4 Å². The molecule has 1 heterocycles. The lowest BCUT2D eigenvalue weighted by Crippen LogP contribution is -2.19. The summed E-state index contributed by atoms with van der Waals surface area (Å²) in [5.41, 5.74) is 0.938. The first-order chi connectivity index (χ1) is 10.3. The number of ether oxygens (including phenoxy) is 2. The van der Waals surface area contributed by atoms with Crippen molar-refractivity contribution in [3.8, 4) is 5.75 Å². The maximum Gasteiger partial charge on any atom is 0.307 e. The molecule has 0 aliphatic heterocycles. The number of nitrogens with one attached hydrogen (secondary N) is 1. The van der Waals surface area contributed by atoms with Crippen molar-refractivity contribution in [2.24, 2.45) is 5.92 Å². The van der Waals surface area contributed by atoms with Gasteiger partial charge >= 0.3 is 5.97 Å². The minimum absolute atomic E-state index is 0.169. The molecule has 0 atom stereocenters. The second-order valence-electron chi connectivity index (χ2n) is 5.30. The molecule has 1 N–H and O–H groups in total. The normalized spacial score (nSPS) is 14.0. The van der Waals surface area contributed by atoms with Gasteiger partial charge in [-0.2, -0.15) is 0 Å². The molecule has 0 radical (unpaired) electrons. The van der Waals surface area contributed by atoms with Gasteiger partial charge in [0.1, 0.15) is 5.75 Å². The van der Waals surface area contributed by atoms with Crippen molar-refractivity contribution in [2.75, 3.05) is 19.8 Å². The van der Waals surface area contributed by atoms with Gasteiger partial charge in [-0.15, -0.1) is 0 Å². The lowest BCUT2D eigenvalue weighted by molar-refractivity contribution is -0.142. The quantitative estimate of drug-likeness (QED) is 0.529. The standard InChI is InChI=1S/C16H24N2O3/c1-2-20-16(19)7-9-17-11-14-5-6-15(12-18-14)21-10-8-13-3-4-13/h5-6,12-13,17H,2-4,7-11H2,1H3. The minimum atomic E-state index is -0.169. The Morgan fingerprint density at radius 3 is 2.95 bits per heavy atom. The van der Waals surface area contributed by atoms with Crippen LogP contribution in [0.2, 0.25) is 0 Å². The summed E-state index contributed by atoms with van der Waals surface area (Å²) in [6.45, 7) is 4.26. The van der Waals surface area contributed by atoms with E-state index in [1.165, 1.54) is 12.8 Å². The van der Waals surface area contributed by atoms with Crippen LogP contribution in [0.15, 0.2) is 18.3 Å². The molecule has 2 rings (SSSR count). The molecule has 1 saturated carbocycles. The van der Waals surface area contributed by atoms with E-state index in [2.05, 4.69) is 10.3 Å². The number of hydrogen-bond acceptors (Lipinski definition) is 5. The average Bonchev–Trinajstić information content (AvgIpc) is 3.30. The summed E-state index contributed by atoms with van der Waals surface area (Å²) in [6.07, 6.45) is 6.01. The summed E-state index contributed by atoms with van der Waals surface area (Å²) in [7, 11) is 0. The van der Waals surface area contributed by atoms with Gasteiger partial charge < -0.3 is 14.8 Å². The van der Waals surface area contributed by atoms with Crippen molar-refractivity contribution >= 4 is 5.97 Å². The van der Waals surface area contributed by atoms with E-state index in [-0.39, 0.29) is 5.97 Å². The van der Waals surface area contributed by atoms with Crippen LogP contribution in [0.3, 0.4) is 0 Å². The second-order valence-corrected chi connectivity index (χ2v) is 5.30. The summed E-state index contributed by atoms with van der Waals surface area (Å²) in [6, 6.07) is 3.89. The van der Waals surface area contributed by atoms with Crippen molar-refractivity contribution in [1.82, 2.24) is 10.3 Å². The molecule has 1 fully saturated rings. The maximum absolute atomic E-state index is 11.2. The van der Waals surface area contributed by atoms with Crippen LogP contribution in [-0.4, -0.2) is 30.7 Å². The fraction of sp³-hybridized carbons (Fsp3) is 0.625. The predicted molar refractivity (Wildman–Crippen MR) is 80.0 cm³/mol. The highest BCUT2D eigenvalue weighted by molar-refractivity contribution is 5.69. The predicted octanol–water partition coefficient (Wildman–Crippen LogP) is 2.30. The zero-order valence-electron chi connectivity index (χ0n) is 12.6. The van der Waals surface area contributed by atoms with Gasteiger partial charge in [-0.3, -0.25) is 9.78 Å². The third-order valence-corrected chi connectivity index (χ3v) is 3.41. The summed E-state index contributed by atoms with van der Waals surface area (Å²) in [5, 5.41) is 3.17. The Kier molecular flexibility index (Phi) is 6.47. The van der Waals surface area contributed by atoms with Gasteiger partial charge in [0.05, 0.1) is 31.5 Å². The van der Waals surface area contributed by atoms with Crippen molar-refractivity contribution in [3.05, 3.63) is 24.0 Å². The van der Waals surface area contributed by atoms with Crippen LogP contribution in [0, 0.1) is 5.92 Å². The Morgan fingerprint density at radius 2 is 2.29 bits per heavy atom. The first-order valence-corrected chi connectivity index (χ1v) is 7.72. The van der Waals surface area contributed by atoms with Crippen molar-refractivity contribution in [2.45, 2.75) is 39.2 Å². The van der Waals surface area contributed by atoms with E-state index in [0.29, 0.717) is 26.1 Å². The molecular formula is C16H24N2O3. The topological polar surface area (TPSA) is 60.5 Å². The highest BCUT2D eigenvalue weighted by Crippen LogP contribution is 2.32. The number of rotatable bonds is 10. The summed E-state index contributed by atoms with van der Waals surface area (Å²) in [5.74, 6) is 1.55. The molecular weight excluding hydrogens is 268 g/mol. The third kappa shape index (κ3) is 6.58. The number of aromatic nitrogens is 1. The lowest BCUT2D eigenvalue weighted by atomic mass is 10.3.